The first-order valence-electron chi connectivity index (χ1n) is 13.6. The summed E-state index contributed by atoms with van der Waals surface area (Å²) in [5.74, 6) is 1.06. The number of halogens is 3. The molecular formula is C30H31F3N6O2. The van der Waals surface area contributed by atoms with Gasteiger partial charge in [0.1, 0.15) is 11.9 Å². The van der Waals surface area contributed by atoms with Crippen LogP contribution in [0, 0.1) is 11.3 Å². The van der Waals surface area contributed by atoms with Gasteiger partial charge in [-0.25, -0.2) is 9.97 Å². The van der Waals surface area contributed by atoms with Crippen molar-refractivity contribution in [3.05, 3.63) is 65.4 Å². The Morgan fingerprint density at radius 3 is 2.66 bits per heavy atom. The molecule has 1 amide bonds. The number of ether oxygens (including phenoxy) is 1. The average Bonchev–Trinajstić information content (AvgIpc) is 3.29. The zero-order valence-electron chi connectivity index (χ0n) is 23.0. The van der Waals surface area contributed by atoms with E-state index in [-0.39, 0.29) is 16.9 Å². The molecular weight excluding hydrogens is 533 g/mol. The van der Waals surface area contributed by atoms with Crippen molar-refractivity contribution in [1.82, 2.24) is 15.3 Å². The maximum Gasteiger partial charge on any atom is 0.416 e. The molecule has 5 rings (SSSR count). The Hall–Kier alpha value is -4.17. The maximum absolute atomic E-state index is 13.4. The van der Waals surface area contributed by atoms with Crippen LogP contribution in [0.3, 0.4) is 0 Å². The molecule has 2 aliphatic rings. The van der Waals surface area contributed by atoms with E-state index in [0.29, 0.717) is 75.1 Å². The van der Waals surface area contributed by atoms with Crippen LogP contribution in [0.5, 0.6) is 5.88 Å². The number of pyridine rings is 2. The second-order valence-electron chi connectivity index (χ2n) is 10.3. The highest BCUT2D eigenvalue weighted by Crippen LogP contribution is 2.48. The largest absolute Gasteiger partial charge is 0.477 e. The van der Waals surface area contributed by atoms with Crippen LogP contribution in [0.15, 0.2) is 48.7 Å². The van der Waals surface area contributed by atoms with E-state index in [1.807, 2.05) is 42.2 Å². The smallest absolute Gasteiger partial charge is 0.416 e. The lowest BCUT2D eigenvalue weighted by atomic mass is 9.74. The average molecular weight is 565 g/mol. The van der Waals surface area contributed by atoms with Gasteiger partial charge in [0.25, 0.3) is 0 Å². The number of amides is 1. The number of hydrogen-bond acceptors (Lipinski definition) is 7. The fourth-order valence-corrected chi connectivity index (χ4v) is 5.77. The first-order valence-corrected chi connectivity index (χ1v) is 13.6. The molecule has 1 aromatic carbocycles. The summed E-state index contributed by atoms with van der Waals surface area (Å²) < 4.78 is 45.4. The van der Waals surface area contributed by atoms with Crippen molar-refractivity contribution in [2.24, 2.45) is 0 Å². The van der Waals surface area contributed by atoms with Gasteiger partial charge in [0, 0.05) is 49.8 Å². The second kappa shape index (κ2) is 11.4. The van der Waals surface area contributed by atoms with Crippen LogP contribution in [-0.4, -0.2) is 55.7 Å². The molecule has 0 radical (unpaired) electrons. The molecule has 0 bridgehead atoms. The lowest BCUT2D eigenvalue weighted by Crippen LogP contribution is -2.46. The van der Waals surface area contributed by atoms with Gasteiger partial charge < -0.3 is 15.0 Å². The third-order valence-corrected chi connectivity index (χ3v) is 7.89. The fourth-order valence-electron chi connectivity index (χ4n) is 5.77. The molecule has 0 atom stereocenters. The van der Waals surface area contributed by atoms with Crippen molar-refractivity contribution >= 4 is 17.4 Å². The van der Waals surface area contributed by atoms with Gasteiger partial charge in [0.2, 0.25) is 11.8 Å². The predicted molar refractivity (Wildman–Crippen MR) is 149 cm³/mol. The molecule has 214 valence electrons. The lowest BCUT2D eigenvalue weighted by Gasteiger charge is -2.41. The van der Waals surface area contributed by atoms with Crippen molar-refractivity contribution in [2.75, 3.05) is 49.6 Å². The molecule has 11 heteroatoms. The predicted octanol–water partition coefficient (Wildman–Crippen LogP) is 4.93. The maximum atomic E-state index is 13.4. The summed E-state index contributed by atoms with van der Waals surface area (Å²) in [6.07, 6.45) is -1.23. The number of hydrogen-bond donors (Lipinski definition) is 1. The summed E-state index contributed by atoms with van der Waals surface area (Å²) in [4.78, 5) is 26.4. The van der Waals surface area contributed by atoms with E-state index in [9.17, 15) is 23.2 Å². The second-order valence-corrected chi connectivity index (χ2v) is 10.3. The number of piperidine rings is 1. The molecule has 1 fully saturated rings. The standard InChI is InChI=1S/C30H31F3N6O2/c1-3-41-28-22(5-4-13-36-28)24-8-7-23-27(37-24)39(26(40)10-14-35-2)19-29(23)11-15-38(16-12-29)25-9-6-21(30(31,32)33)17-20(25)18-34/h4-9,13,17,35H,3,10-12,14-16,19H2,1-2H3. The third kappa shape index (κ3) is 5.44. The fraction of sp³-hybridized carbons (Fsp3) is 0.400. The van der Waals surface area contributed by atoms with Crippen molar-refractivity contribution < 1.29 is 22.7 Å². The van der Waals surface area contributed by atoms with Gasteiger partial charge in [0.05, 0.1) is 34.7 Å². The number of carbonyl (C=O) groups excluding carboxylic acids is 1. The molecule has 1 N–H and O–H groups in total. The summed E-state index contributed by atoms with van der Waals surface area (Å²) in [6.45, 7) is 4.40. The van der Waals surface area contributed by atoms with Crippen LogP contribution in [-0.2, 0) is 16.4 Å². The quantitative estimate of drug-likeness (QED) is 0.435. The van der Waals surface area contributed by atoms with Gasteiger partial charge in [-0.05, 0) is 63.2 Å². The van der Waals surface area contributed by atoms with E-state index >= 15 is 0 Å². The molecule has 41 heavy (non-hydrogen) atoms. The number of aromatic nitrogens is 2. The molecule has 0 saturated carbocycles. The highest BCUT2D eigenvalue weighted by molar-refractivity contribution is 5.96. The zero-order chi connectivity index (χ0) is 29.2. The van der Waals surface area contributed by atoms with Crippen molar-refractivity contribution in [1.29, 1.82) is 5.26 Å². The van der Waals surface area contributed by atoms with Crippen molar-refractivity contribution in [3.63, 3.8) is 0 Å². The van der Waals surface area contributed by atoms with Gasteiger partial charge in [-0.1, -0.05) is 6.07 Å². The Kier molecular flexibility index (Phi) is 7.87. The molecule has 4 heterocycles. The number of fused-ring (bicyclic) bond motifs is 2. The minimum Gasteiger partial charge on any atom is -0.477 e. The van der Waals surface area contributed by atoms with Crippen LogP contribution >= 0.6 is 0 Å². The van der Waals surface area contributed by atoms with Crippen LogP contribution in [0.1, 0.15) is 42.9 Å². The Bertz CT molecular complexity index is 1480. The minimum absolute atomic E-state index is 0.000603. The zero-order valence-corrected chi connectivity index (χ0v) is 23.0. The van der Waals surface area contributed by atoms with Crippen molar-refractivity contribution in [2.45, 2.75) is 37.8 Å². The summed E-state index contributed by atoms with van der Waals surface area (Å²) >= 11 is 0. The number of anilines is 2. The van der Waals surface area contributed by atoms with E-state index in [0.717, 1.165) is 23.3 Å². The first-order chi connectivity index (χ1) is 19.7. The van der Waals surface area contributed by atoms with Crippen LogP contribution in [0.2, 0.25) is 0 Å². The van der Waals surface area contributed by atoms with Crippen LogP contribution in [0.4, 0.5) is 24.7 Å². The normalized spacial score (nSPS) is 16.0. The first kappa shape index (κ1) is 28.4. The molecule has 0 unspecified atom stereocenters. The molecule has 8 nitrogen and oxygen atoms in total. The van der Waals surface area contributed by atoms with E-state index in [4.69, 9.17) is 9.72 Å². The SMILES string of the molecule is CCOc1ncccc1-c1ccc2c(n1)N(C(=O)CCNC)CC21CCN(c2ccc(C(F)(F)F)cc2C#N)CC1. The Labute approximate surface area is 236 Å². The monoisotopic (exact) mass is 564 g/mol. The van der Waals surface area contributed by atoms with E-state index in [2.05, 4.69) is 10.3 Å². The molecule has 3 aromatic rings. The molecule has 2 aromatic heterocycles. The number of benzene rings is 1. The Balaban J connectivity index is 1.47. The molecule has 1 saturated heterocycles. The summed E-state index contributed by atoms with van der Waals surface area (Å²) in [5.41, 5.74) is 1.67. The Morgan fingerprint density at radius 2 is 1.98 bits per heavy atom. The third-order valence-electron chi connectivity index (χ3n) is 7.89. The van der Waals surface area contributed by atoms with Gasteiger partial charge in [-0.15, -0.1) is 0 Å². The van der Waals surface area contributed by atoms with Gasteiger partial charge in [-0.3, -0.25) is 9.69 Å². The lowest BCUT2D eigenvalue weighted by molar-refractivity contribution is -0.137. The molecule has 1 spiro atoms. The number of rotatable bonds is 7. The number of nitriles is 1. The van der Waals surface area contributed by atoms with E-state index in [1.165, 1.54) is 6.07 Å². The Morgan fingerprint density at radius 1 is 1.20 bits per heavy atom. The number of alkyl halides is 3. The minimum atomic E-state index is -4.52. The highest BCUT2D eigenvalue weighted by atomic mass is 19.4. The number of nitrogens with zero attached hydrogens (tertiary/aromatic N) is 5. The molecule has 0 aliphatic carbocycles. The van der Waals surface area contributed by atoms with Gasteiger partial charge >= 0.3 is 6.18 Å². The van der Waals surface area contributed by atoms with Gasteiger partial charge in [-0.2, -0.15) is 18.4 Å². The van der Waals surface area contributed by atoms with E-state index in [1.54, 1.807) is 18.1 Å². The number of carbonyl (C=O) groups is 1. The highest BCUT2D eigenvalue weighted by Gasteiger charge is 2.47. The van der Waals surface area contributed by atoms with Crippen molar-refractivity contribution in [3.8, 4) is 23.2 Å². The number of nitrogens with one attached hydrogen (secondary N) is 1. The van der Waals surface area contributed by atoms with Crippen LogP contribution < -0.4 is 19.9 Å². The van der Waals surface area contributed by atoms with E-state index < -0.39 is 11.7 Å². The molecule has 2 aliphatic heterocycles. The van der Waals surface area contributed by atoms with Crippen LogP contribution in [0.25, 0.3) is 11.3 Å². The summed E-state index contributed by atoms with van der Waals surface area (Å²) in [5, 5.41) is 12.6. The van der Waals surface area contributed by atoms with Gasteiger partial charge in [0.15, 0.2) is 0 Å². The topological polar surface area (TPSA) is 94.4 Å². The summed E-state index contributed by atoms with van der Waals surface area (Å²) in [7, 11) is 1.80. The summed E-state index contributed by atoms with van der Waals surface area (Å²) in [6, 6.07) is 12.9.